The first-order valence-electron chi connectivity index (χ1n) is 6.96. The van der Waals surface area contributed by atoms with Gasteiger partial charge in [-0.2, -0.15) is 0 Å². The van der Waals surface area contributed by atoms with Crippen LogP contribution in [0.1, 0.15) is 5.56 Å². The van der Waals surface area contributed by atoms with E-state index in [0.29, 0.717) is 11.0 Å². The Labute approximate surface area is 136 Å². The van der Waals surface area contributed by atoms with Crippen molar-refractivity contribution in [2.75, 3.05) is 0 Å². The number of para-hydroxylation sites is 1. The van der Waals surface area contributed by atoms with Crippen LogP contribution >= 0.6 is 11.6 Å². The highest BCUT2D eigenvalue weighted by Gasteiger charge is 2.15. The molecule has 2 aromatic carbocycles. The summed E-state index contributed by atoms with van der Waals surface area (Å²) in [4.78, 5) is 6.99. The first-order valence-corrected chi connectivity index (χ1v) is 7.34. The van der Waals surface area contributed by atoms with Crippen LogP contribution in [0.5, 0.6) is 0 Å². The fraction of sp³-hybridized carbons (Fsp3) is 0.0625. The number of benzene rings is 2. The third-order valence-electron chi connectivity index (χ3n) is 3.45. The molecule has 0 atom stereocenters. The molecule has 0 aliphatic rings. The summed E-state index contributed by atoms with van der Waals surface area (Å²) in [7, 11) is 0. The lowest BCUT2D eigenvalue weighted by Crippen LogP contribution is -2.14. The number of aromatic nitrogens is 4. The van der Waals surface area contributed by atoms with E-state index >= 15 is 0 Å². The summed E-state index contributed by atoms with van der Waals surface area (Å²) < 4.78 is 5.51. The predicted octanol–water partition coefficient (Wildman–Crippen LogP) is 3.37. The van der Waals surface area contributed by atoms with Crippen molar-refractivity contribution in [1.82, 2.24) is 20.4 Å². The Balaban J connectivity index is 1.63. The average molecular weight is 327 g/mol. The van der Waals surface area contributed by atoms with Gasteiger partial charge in [-0.05, 0) is 28.1 Å². The van der Waals surface area contributed by atoms with E-state index in [4.69, 9.17) is 20.9 Å². The molecule has 7 heteroatoms. The van der Waals surface area contributed by atoms with Gasteiger partial charge in [0.25, 0.3) is 0 Å². The molecule has 0 radical (unpaired) electrons. The van der Waals surface area contributed by atoms with E-state index in [0.717, 1.165) is 22.1 Å². The van der Waals surface area contributed by atoms with Gasteiger partial charge in [0.15, 0.2) is 0 Å². The Morgan fingerprint density at radius 1 is 1.04 bits per heavy atom. The standard InChI is InChI=1S/C16H11ClN4O2/c17-15-13(12-8-4-5-9-14(12)23-15)10-22-21-16(18-19-20-21)11-6-2-1-3-7-11/h1-9H,10H2. The zero-order chi connectivity index (χ0) is 15.6. The molecule has 114 valence electrons. The summed E-state index contributed by atoms with van der Waals surface area (Å²) in [6.45, 7) is 0.195. The van der Waals surface area contributed by atoms with Crippen molar-refractivity contribution in [2.45, 2.75) is 6.61 Å². The third kappa shape index (κ3) is 2.53. The molecule has 2 aromatic heterocycles. The minimum Gasteiger partial charge on any atom is -0.444 e. The minimum absolute atomic E-state index is 0.195. The first kappa shape index (κ1) is 13.8. The SMILES string of the molecule is Clc1oc2ccccc2c1COn1nnnc1-c1ccccc1. The number of halogens is 1. The van der Waals surface area contributed by atoms with Gasteiger partial charge in [-0.25, -0.2) is 0 Å². The molecule has 4 rings (SSSR count). The molecule has 23 heavy (non-hydrogen) atoms. The van der Waals surface area contributed by atoms with E-state index in [-0.39, 0.29) is 6.61 Å². The maximum Gasteiger partial charge on any atom is 0.222 e. The van der Waals surface area contributed by atoms with Crippen molar-refractivity contribution in [2.24, 2.45) is 0 Å². The lowest BCUT2D eigenvalue weighted by molar-refractivity contribution is 0.0698. The van der Waals surface area contributed by atoms with Gasteiger partial charge in [-0.3, -0.25) is 0 Å². The van der Waals surface area contributed by atoms with Gasteiger partial charge in [0.2, 0.25) is 11.0 Å². The topological polar surface area (TPSA) is 66.0 Å². The Hall–Kier alpha value is -2.86. The van der Waals surface area contributed by atoms with Crippen LogP contribution in [0.3, 0.4) is 0 Å². The lowest BCUT2D eigenvalue weighted by atomic mass is 10.2. The van der Waals surface area contributed by atoms with E-state index in [1.54, 1.807) is 0 Å². The normalized spacial score (nSPS) is 11.0. The smallest absolute Gasteiger partial charge is 0.222 e. The van der Waals surface area contributed by atoms with E-state index in [2.05, 4.69) is 15.5 Å². The second-order valence-corrected chi connectivity index (χ2v) is 5.21. The van der Waals surface area contributed by atoms with E-state index in [1.807, 2.05) is 54.6 Å². The summed E-state index contributed by atoms with van der Waals surface area (Å²) in [5.41, 5.74) is 2.34. The average Bonchev–Trinajstić information content (AvgIpc) is 3.17. The Bertz CT molecular complexity index is 949. The Morgan fingerprint density at radius 3 is 2.70 bits per heavy atom. The number of nitrogens with zero attached hydrogens (tertiary/aromatic N) is 4. The van der Waals surface area contributed by atoms with Crippen LogP contribution in [0.4, 0.5) is 0 Å². The van der Waals surface area contributed by atoms with E-state index in [9.17, 15) is 0 Å². The van der Waals surface area contributed by atoms with Crippen molar-refractivity contribution in [1.29, 1.82) is 0 Å². The Morgan fingerprint density at radius 2 is 1.83 bits per heavy atom. The lowest BCUT2D eigenvalue weighted by Gasteiger charge is -2.06. The minimum atomic E-state index is 0.195. The van der Waals surface area contributed by atoms with Crippen LogP contribution < -0.4 is 4.84 Å². The largest absolute Gasteiger partial charge is 0.444 e. The van der Waals surface area contributed by atoms with Gasteiger partial charge >= 0.3 is 0 Å². The molecule has 0 saturated carbocycles. The number of hydrogen-bond acceptors (Lipinski definition) is 5. The molecule has 0 fully saturated rings. The number of furan rings is 1. The van der Waals surface area contributed by atoms with Crippen molar-refractivity contribution >= 4 is 22.6 Å². The molecule has 0 amide bonds. The maximum atomic E-state index is 6.16. The highest BCUT2D eigenvalue weighted by Crippen LogP contribution is 2.29. The van der Waals surface area contributed by atoms with Crippen LogP contribution in [-0.2, 0) is 6.61 Å². The fourth-order valence-corrected chi connectivity index (χ4v) is 2.59. The quantitative estimate of drug-likeness (QED) is 0.575. The summed E-state index contributed by atoms with van der Waals surface area (Å²) >= 11 is 6.16. The molecule has 6 nitrogen and oxygen atoms in total. The molecule has 0 aliphatic heterocycles. The molecule has 4 aromatic rings. The van der Waals surface area contributed by atoms with E-state index < -0.39 is 0 Å². The molecule has 0 aliphatic carbocycles. The molecule has 0 N–H and O–H groups in total. The van der Waals surface area contributed by atoms with Crippen LogP contribution in [0, 0.1) is 0 Å². The van der Waals surface area contributed by atoms with Gasteiger partial charge in [0.1, 0.15) is 12.2 Å². The predicted molar refractivity (Wildman–Crippen MR) is 84.8 cm³/mol. The van der Waals surface area contributed by atoms with Crippen LogP contribution in [0.15, 0.2) is 59.0 Å². The zero-order valence-electron chi connectivity index (χ0n) is 11.9. The van der Waals surface area contributed by atoms with Gasteiger partial charge < -0.3 is 9.25 Å². The number of rotatable bonds is 4. The molecule has 2 heterocycles. The number of fused-ring (bicyclic) bond motifs is 1. The monoisotopic (exact) mass is 326 g/mol. The summed E-state index contributed by atoms with van der Waals surface area (Å²) in [5.74, 6) is 0.523. The van der Waals surface area contributed by atoms with Gasteiger partial charge in [-0.15, -0.1) is 5.10 Å². The van der Waals surface area contributed by atoms with Gasteiger partial charge in [0.05, 0.1) is 5.56 Å². The molecular weight excluding hydrogens is 316 g/mol. The molecule has 0 bridgehead atoms. The molecule has 0 saturated heterocycles. The second kappa shape index (κ2) is 5.73. The van der Waals surface area contributed by atoms with Crippen LogP contribution in [0.2, 0.25) is 5.22 Å². The molecular formula is C16H11ClN4O2. The second-order valence-electron chi connectivity index (χ2n) is 4.87. The number of hydrogen-bond donors (Lipinski definition) is 0. The van der Waals surface area contributed by atoms with Crippen LogP contribution in [0.25, 0.3) is 22.4 Å². The summed E-state index contributed by atoms with van der Waals surface area (Å²) in [6.07, 6.45) is 0. The van der Waals surface area contributed by atoms with Gasteiger partial charge in [-0.1, -0.05) is 53.4 Å². The zero-order valence-corrected chi connectivity index (χ0v) is 12.6. The Kier molecular flexibility index (Phi) is 3.44. The summed E-state index contributed by atoms with van der Waals surface area (Å²) in [6, 6.07) is 17.2. The highest BCUT2D eigenvalue weighted by molar-refractivity contribution is 6.30. The highest BCUT2D eigenvalue weighted by atomic mass is 35.5. The van der Waals surface area contributed by atoms with Crippen molar-refractivity contribution < 1.29 is 9.25 Å². The first-order chi connectivity index (χ1) is 11.3. The van der Waals surface area contributed by atoms with Crippen molar-refractivity contribution in [3.8, 4) is 11.4 Å². The van der Waals surface area contributed by atoms with E-state index in [1.165, 1.54) is 4.85 Å². The molecule has 0 spiro atoms. The number of tetrazole rings is 1. The summed E-state index contributed by atoms with van der Waals surface area (Å²) in [5, 5.41) is 12.7. The maximum absolute atomic E-state index is 6.16. The third-order valence-corrected chi connectivity index (χ3v) is 3.76. The van der Waals surface area contributed by atoms with Gasteiger partial charge in [0, 0.05) is 10.9 Å². The van der Waals surface area contributed by atoms with Crippen molar-refractivity contribution in [3.63, 3.8) is 0 Å². The molecule has 0 unspecified atom stereocenters. The fourth-order valence-electron chi connectivity index (χ4n) is 2.35. The van der Waals surface area contributed by atoms with Crippen molar-refractivity contribution in [3.05, 3.63) is 65.4 Å². The van der Waals surface area contributed by atoms with Crippen LogP contribution in [-0.4, -0.2) is 20.4 Å².